The minimum absolute atomic E-state index is 0.100. The standard InChI is InChI=1S/C15H12O2/c16-14-10-3-1-2-4-11(10)15(17)13-7-9-5-8(9)6-12(13)14/h1-2,6-7,10-11H,3-5H2. The summed E-state index contributed by atoms with van der Waals surface area (Å²) in [5.74, 6) is 0.167. The lowest BCUT2D eigenvalue weighted by atomic mass is 9.69. The molecular formula is C15H12O2. The van der Waals surface area contributed by atoms with Crippen molar-refractivity contribution in [2.75, 3.05) is 0 Å². The molecule has 0 fully saturated rings. The highest BCUT2D eigenvalue weighted by Gasteiger charge is 2.42. The maximum atomic E-state index is 12.4. The fourth-order valence-corrected chi connectivity index (χ4v) is 3.15. The predicted octanol–water partition coefficient (Wildman–Crippen LogP) is 2.55. The van der Waals surface area contributed by atoms with Gasteiger partial charge in [0.2, 0.25) is 0 Å². The van der Waals surface area contributed by atoms with Crippen LogP contribution >= 0.6 is 0 Å². The van der Waals surface area contributed by atoms with Gasteiger partial charge >= 0.3 is 0 Å². The van der Waals surface area contributed by atoms with Crippen molar-refractivity contribution in [3.8, 4) is 0 Å². The summed E-state index contributed by atoms with van der Waals surface area (Å²) >= 11 is 0. The Kier molecular flexibility index (Phi) is 1.62. The van der Waals surface area contributed by atoms with Crippen LogP contribution in [0.25, 0.3) is 0 Å². The zero-order valence-corrected chi connectivity index (χ0v) is 9.40. The van der Waals surface area contributed by atoms with Crippen molar-refractivity contribution < 1.29 is 9.59 Å². The third-order valence-corrected chi connectivity index (χ3v) is 4.23. The SMILES string of the molecule is O=C1c2cc3c(cc2C(=O)C2CC=CCC12)C3. The number of hydrogen-bond acceptors (Lipinski definition) is 2. The van der Waals surface area contributed by atoms with Gasteiger partial charge in [-0.2, -0.15) is 0 Å². The van der Waals surface area contributed by atoms with E-state index < -0.39 is 0 Å². The van der Waals surface area contributed by atoms with Gasteiger partial charge in [-0.1, -0.05) is 12.2 Å². The molecule has 17 heavy (non-hydrogen) atoms. The first-order valence-corrected chi connectivity index (χ1v) is 6.15. The van der Waals surface area contributed by atoms with Crippen LogP contribution in [-0.2, 0) is 6.42 Å². The molecule has 0 heterocycles. The number of carbonyl (C=O) groups is 2. The van der Waals surface area contributed by atoms with Gasteiger partial charge in [-0.15, -0.1) is 0 Å². The second-order valence-corrected chi connectivity index (χ2v) is 5.23. The van der Waals surface area contributed by atoms with Gasteiger partial charge in [-0.3, -0.25) is 9.59 Å². The van der Waals surface area contributed by atoms with E-state index in [9.17, 15) is 9.59 Å². The second-order valence-electron chi connectivity index (χ2n) is 5.23. The molecule has 2 nitrogen and oxygen atoms in total. The molecule has 0 saturated heterocycles. The molecule has 3 aliphatic rings. The van der Waals surface area contributed by atoms with E-state index in [0.717, 1.165) is 19.3 Å². The monoisotopic (exact) mass is 224 g/mol. The van der Waals surface area contributed by atoms with Gasteiger partial charge in [0.1, 0.15) is 0 Å². The highest BCUT2D eigenvalue weighted by Crippen LogP contribution is 2.41. The third kappa shape index (κ3) is 1.15. The van der Waals surface area contributed by atoms with Crippen LogP contribution in [0.3, 0.4) is 0 Å². The van der Waals surface area contributed by atoms with E-state index in [4.69, 9.17) is 0 Å². The Balaban J connectivity index is 1.92. The van der Waals surface area contributed by atoms with Gasteiger partial charge in [-0.25, -0.2) is 0 Å². The fraction of sp³-hybridized carbons (Fsp3) is 0.333. The number of ketones is 2. The summed E-state index contributed by atoms with van der Waals surface area (Å²) in [6, 6.07) is 3.89. The van der Waals surface area contributed by atoms with Crippen LogP contribution in [0.2, 0.25) is 0 Å². The highest BCUT2D eigenvalue weighted by atomic mass is 16.1. The van der Waals surface area contributed by atoms with Crippen LogP contribution in [0.4, 0.5) is 0 Å². The van der Waals surface area contributed by atoms with E-state index in [-0.39, 0.29) is 23.4 Å². The summed E-state index contributed by atoms with van der Waals surface area (Å²) in [7, 11) is 0. The summed E-state index contributed by atoms with van der Waals surface area (Å²) < 4.78 is 0. The Labute approximate surface area is 99.3 Å². The van der Waals surface area contributed by atoms with Gasteiger partial charge in [0.05, 0.1) is 0 Å². The van der Waals surface area contributed by atoms with Crippen molar-refractivity contribution in [1.82, 2.24) is 0 Å². The zero-order valence-electron chi connectivity index (χ0n) is 9.40. The van der Waals surface area contributed by atoms with Crippen molar-refractivity contribution in [1.29, 1.82) is 0 Å². The molecule has 3 aliphatic carbocycles. The first-order valence-electron chi connectivity index (χ1n) is 6.15. The number of rotatable bonds is 0. The summed E-state index contributed by atoms with van der Waals surface area (Å²) in [6.45, 7) is 0. The maximum absolute atomic E-state index is 12.4. The quantitative estimate of drug-likeness (QED) is 0.644. The molecule has 1 aromatic carbocycles. The molecule has 0 amide bonds. The van der Waals surface area contributed by atoms with Crippen molar-refractivity contribution in [2.24, 2.45) is 11.8 Å². The number of Topliss-reactive ketones (excluding diaryl/α,β-unsaturated/α-hetero) is 2. The molecule has 0 N–H and O–H groups in total. The molecule has 0 saturated carbocycles. The minimum Gasteiger partial charge on any atom is -0.294 e. The highest BCUT2D eigenvalue weighted by molar-refractivity contribution is 6.16. The van der Waals surface area contributed by atoms with Crippen molar-refractivity contribution >= 4 is 11.6 Å². The topological polar surface area (TPSA) is 34.1 Å². The second kappa shape index (κ2) is 2.95. The Morgan fingerprint density at radius 1 is 0.824 bits per heavy atom. The van der Waals surface area contributed by atoms with Crippen LogP contribution in [0, 0.1) is 11.8 Å². The number of fused-ring (bicyclic) bond motifs is 3. The van der Waals surface area contributed by atoms with Crippen molar-refractivity contribution in [3.05, 3.63) is 46.5 Å². The maximum Gasteiger partial charge on any atom is 0.167 e. The van der Waals surface area contributed by atoms with E-state index in [0.29, 0.717) is 11.1 Å². The summed E-state index contributed by atoms with van der Waals surface area (Å²) in [4.78, 5) is 24.8. The molecule has 0 spiro atoms. The van der Waals surface area contributed by atoms with Gasteiger partial charge in [0, 0.05) is 23.0 Å². The molecule has 0 radical (unpaired) electrons. The third-order valence-electron chi connectivity index (χ3n) is 4.23. The summed E-state index contributed by atoms with van der Waals surface area (Å²) in [6.07, 6.45) is 6.48. The summed E-state index contributed by atoms with van der Waals surface area (Å²) in [5, 5.41) is 0. The Morgan fingerprint density at radius 2 is 1.29 bits per heavy atom. The van der Waals surface area contributed by atoms with Gasteiger partial charge in [0.25, 0.3) is 0 Å². The van der Waals surface area contributed by atoms with Gasteiger partial charge in [0.15, 0.2) is 11.6 Å². The van der Waals surface area contributed by atoms with Crippen LogP contribution in [-0.4, -0.2) is 11.6 Å². The fourth-order valence-electron chi connectivity index (χ4n) is 3.15. The molecule has 2 unspecified atom stereocenters. The van der Waals surface area contributed by atoms with Crippen LogP contribution in [0.15, 0.2) is 24.3 Å². The largest absolute Gasteiger partial charge is 0.294 e. The average molecular weight is 224 g/mol. The van der Waals surface area contributed by atoms with Crippen molar-refractivity contribution in [2.45, 2.75) is 19.3 Å². The molecule has 0 bridgehead atoms. The number of allylic oxidation sites excluding steroid dienone is 2. The van der Waals surface area contributed by atoms with E-state index in [1.165, 1.54) is 11.1 Å². The lowest BCUT2D eigenvalue weighted by Crippen LogP contribution is -2.37. The molecule has 1 aromatic rings. The Hall–Kier alpha value is -1.70. The number of benzene rings is 1. The Morgan fingerprint density at radius 3 is 1.76 bits per heavy atom. The van der Waals surface area contributed by atoms with Crippen LogP contribution in [0.1, 0.15) is 44.7 Å². The van der Waals surface area contributed by atoms with Crippen LogP contribution < -0.4 is 0 Å². The molecule has 4 rings (SSSR count). The lowest BCUT2D eigenvalue weighted by molar-refractivity contribution is 0.0729. The first kappa shape index (κ1) is 9.34. The number of carbonyl (C=O) groups excluding carboxylic acids is 2. The minimum atomic E-state index is -0.100. The molecule has 2 heteroatoms. The Bertz CT molecular complexity index is 544. The van der Waals surface area contributed by atoms with E-state index in [1.807, 2.05) is 24.3 Å². The zero-order chi connectivity index (χ0) is 11.6. The molecular weight excluding hydrogens is 212 g/mol. The molecule has 0 aliphatic heterocycles. The molecule has 2 atom stereocenters. The van der Waals surface area contributed by atoms with E-state index >= 15 is 0 Å². The van der Waals surface area contributed by atoms with E-state index in [2.05, 4.69) is 0 Å². The average Bonchev–Trinajstić information content (AvgIpc) is 3.12. The molecule has 84 valence electrons. The predicted molar refractivity (Wildman–Crippen MR) is 63.3 cm³/mol. The number of hydrogen-bond donors (Lipinski definition) is 0. The van der Waals surface area contributed by atoms with Crippen LogP contribution in [0.5, 0.6) is 0 Å². The lowest BCUT2D eigenvalue weighted by Gasteiger charge is -2.31. The van der Waals surface area contributed by atoms with Gasteiger partial charge in [-0.05, 0) is 42.5 Å². The normalized spacial score (nSPS) is 28.5. The summed E-state index contributed by atoms with van der Waals surface area (Å²) in [5.41, 5.74) is 3.86. The van der Waals surface area contributed by atoms with Crippen molar-refractivity contribution in [3.63, 3.8) is 0 Å². The van der Waals surface area contributed by atoms with E-state index in [1.54, 1.807) is 0 Å². The molecule has 0 aromatic heterocycles. The van der Waals surface area contributed by atoms with Gasteiger partial charge < -0.3 is 0 Å². The smallest absolute Gasteiger partial charge is 0.167 e. The first-order chi connectivity index (χ1) is 8.25.